The van der Waals surface area contributed by atoms with E-state index >= 15 is 0 Å². The molecule has 150 valence electrons. The second kappa shape index (κ2) is 8.41. The van der Waals surface area contributed by atoms with Crippen molar-refractivity contribution in [2.24, 2.45) is 0 Å². The molecule has 5 nitrogen and oxygen atoms in total. The zero-order chi connectivity index (χ0) is 18.9. The lowest BCUT2D eigenvalue weighted by Gasteiger charge is -2.45. The lowest BCUT2D eigenvalue weighted by molar-refractivity contribution is -0.140. The van der Waals surface area contributed by atoms with Crippen LogP contribution in [0.5, 0.6) is 5.75 Å². The normalized spacial score (nSPS) is 17.5. The first-order valence-electron chi connectivity index (χ1n) is 9.53. The maximum absolute atomic E-state index is 12.7. The molecule has 0 aliphatic carbocycles. The molecule has 1 saturated heterocycles. The first-order valence-corrected chi connectivity index (χ1v) is 9.53. The molecule has 2 heterocycles. The molecule has 6 heteroatoms. The average molecular weight is 403 g/mol. The minimum Gasteiger partial charge on any atom is -0.497 e. The summed E-state index contributed by atoms with van der Waals surface area (Å²) in [6.45, 7) is 2.16. The molecule has 0 bridgehead atoms. The number of carbonyl (C=O) groups is 1. The summed E-state index contributed by atoms with van der Waals surface area (Å²) in [4.78, 5) is 14.7. The highest BCUT2D eigenvalue weighted by Gasteiger charge is 2.41. The van der Waals surface area contributed by atoms with Crippen LogP contribution in [0.15, 0.2) is 42.5 Å². The molecule has 0 atom stereocenters. The molecule has 0 aromatic heterocycles. The smallest absolute Gasteiger partial charge is 0.226 e. The Kier molecular flexibility index (Phi) is 6.16. The van der Waals surface area contributed by atoms with Gasteiger partial charge in [0.2, 0.25) is 5.91 Å². The van der Waals surface area contributed by atoms with Crippen LogP contribution in [0.3, 0.4) is 0 Å². The van der Waals surface area contributed by atoms with E-state index in [-0.39, 0.29) is 23.9 Å². The molecule has 2 aliphatic heterocycles. The summed E-state index contributed by atoms with van der Waals surface area (Å²) in [5.41, 5.74) is 9.74. The van der Waals surface area contributed by atoms with E-state index < -0.39 is 0 Å². The van der Waals surface area contributed by atoms with E-state index in [9.17, 15) is 4.79 Å². The molecule has 0 saturated carbocycles. The number of ether oxygens (including phenoxy) is 2. The number of halogens is 1. The van der Waals surface area contributed by atoms with Gasteiger partial charge in [0.05, 0.1) is 25.7 Å². The minimum absolute atomic E-state index is 0. The zero-order valence-electron chi connectivity index (χ0n) is 16.1. The molecule has 1 amide bonds. The predicted octanol–water partition coefficient (Wildman–Crippen LogP) is 3.33. The molecule has 2 N–H and O–H groups in total. The van der Waals surface area contributed by atoms with Crippen molar-refractivity contribution in [3.63, 3.8) is 0 Å². The van der Waals surface area contributed by atoms with E-state index in [0.29, 0.717) is 6.42 Å². The van der Waals surface area contributed by atoms with Crippen molar-refractivity contribution in [2.75, 3.05) is 32.5 Å². The first-order chi connectivity index (χ1) is 13.1. The van der Waals surface area contributed by atoms with Gasteiger partial charge >= 0.3 is 0 Å². The van der Waals surface area contributed by atoms with Crippen LogP contribution in [0, 0.1) is 0 Å². The number of anilines is 1. The molecule has 2 aliphatic rings. The lowest BCUT2D eigenvalue weighted by atomic mass is 9.79. The number of methoxy groups -OCH3 is 1. The number of hydrogen-bond donors (Lipinski definition) is 1. The standard InChI is InChI=1S/C22H26N2O3.ClH/c1-26-19-6-7-20-17(15-19)8-13-27-22(20)9-11-24(12-10-22)21(25)14-16-2-4-18(23)5-3-16;/h2-7,15H,8-14,23H2,1H3;1H. The number of likely N-dealkylation sites (tertiary alicyclic amines) is 1. The fraction of sp³-hybridized carbons (Fsp3) is 0.409. The van der Waals surface area contributed by atoms with Gasteiger partial charge in [-0.15, -0.1) is 12.4 Å². The summed E-state index contributed by atoms with van der Waals surface area (Å²) in [6, 6.07) is 13.8. The Hall–Kier alpha value is -2.24. The van der Waals surface area contributed by atoms with Gasteiger partial charge in [0.15, 0.2) is 0 Å². The molecule has 28 heavy (non-hydrogen) atoms. The number of rotatable bonds is 3. The minimum atomic E-state index is -0.266. The SMILES string of the molecule is COc1ccc2c(c1)CCOC21CCN(C(=O)Cc2ccc(N)cc2)CC1.Cl. The van der Waals surface area contributed by atoms with Gasteiger partial charge in [-0.3, -0.25) is 4.79 Å². The summed E-state index contributed by atoms with van der Waals surface area (Å²) >= 11 is 0. The summed E-state index contributed by atoms with van der Waals surface area (Å²) in [6.07, 6.45) is 3.00. The highest BCUT2D eigenvalue weighted by molar-refractivity contribution is 5.85. The van der Waals surface area contributed by atoms with Gasteiger partial charge in [-0.1, -0.05) is 18.2 Å². The van der Waals surface area contributed by atoms with E-state index in [0.717, 1.165) is 56.0 Å². The van der Waals surface area contributed by atoms with Crippen LogP contribution in [-0.4, -0.2) is 37.6 Å². The van der Waals surface area contributed by atoms with Crippen LogP contribution in [0.4, 0.5) is 5.69 Å². The maximum atomic E-state index is 12.7. The van der Waals surface area contributed by atoms with Gasteiger partial charge < -0.3 is 20.1 Å². The van der Waals surface area contributed by atoms with Crippen molar-refractivity contribution in [1.29, 1.82) is 0 Å². The summed E-state index contributed by atoms with van der Waals surface area (Å²) in [5, 5.41) is 0. The molecule has 4 rings (SSSR count). The largest absolute Gasteiger partial charge is 0.497 e. The number of nitrogens with two attached hydrogens (primary N) is 1. The fourth-order valence-electron chi connectivity index (χ4n) is 4.24. The van der Waals surface area contributed by atoms with Gasteiger partial charge in [-0.25, -0.2) is 0 Å². The number of hydrogen-bond acceptors (Lipinski definition) is 4. The van der Waals surface area contributed by atoms with E-state index in [1.165, 1.54) is 11.1 Å². The van der Waals surface area contributed by atoms with Crippen LogP contribution in [0.2, 0.25) is 0 Å². The van der Waals surface area contributed by atoms with Crippen molar-refractivity contribution < 1.29 is 14.3 Å². The van der Waals surface area contributed by atoms with E-state index in [4.69, 9.17) is 15.2 Å². The molecule has 2 aromatic rings. The highest BCUT2D eigenvalue weighted by Crippen LogP contribution is 2.42. The van der Waals surface area contributed by atoms with Gasteiger partial charge in [0, 0.05) is 18.8 Å². The van der Waals surface area contributed by atoms with Crippen molar-refractivity contribution in [3.05, 3.63) is 59.2 Å². The molecular formula is C22H27ClN2O3. The lowest BCUT2D eigenvalue weighted by Crippen LogP contribution is -2.48. The monoisotopic (exact) mass is 402 g/mol. The van der Waals surface area contributed by atoms with E-state index in [1.807, 2.05) is 35.2 Å². The third-order valence-corrected chi connectivity index (χ3v) is 5.81. The maximum Gasteiger partial charge on any atom is 0.226 e. The number of amides is 1. The Balaban J connectivity index is 0.00000225. The van der Waals surface area contributed by atoms with Gasteiger partial charge in [0.1, 0.15) is 5.75 Å². The summed E-state index contributed by atoms with van der Waals surface area (Å²) in [5.74, 6) is 1.06. The van der Waals surface area contributed by atoms with Crippen LogP contribution in [-0.2, 0) is 28.0 Å². The van der Waals surface area contributed by atoms with Gasteiger partial charge in [-0.05, 0) is 60.2 Å². The Labute approximate surface area is 172 Å². The van der Waals surface area contributed by atoms with E-state index in [1.54, 1.807) is 7.11 Å². The number of carbonyl (C=O) groups excluding carboxylic acids is 1. The second-order valence-electron chi connectivity index (χ2n) is 7.41. The molecule has 0 radical (unpaired) electrons. The van der Waals surface area contributed by atoms with E-state index in [2.05, 4.69) is 12.1 Å². The fourth-order valence-corrected chi connectivity index (χ4v) is 4.24. The molecule has 1 fully saturated rings. The Bertz CT molecular complexity index is 830. The topological polar surface area (TPSA) is 64.8 Å². The third-order valence-electron chi connectivity index (χ3n) is 5.81. The molecular weight excluding hydrogens is 376 g/mol. The highest BCUT2D eigenvalue weighted by atomic mass is 35.5. The first kappa shape index (κ1) is 20.5. The van der Waals surface area contributed by atoms with Crippen molar-refractivity contribution in [2.45, 2.75) is 31.3 Å². The van der Waals surface area contributed by atoms with Crippen LogP contribution < -0.4 is 10.5 Å². The predicted molar refractivity (Wildman–Crippen MR) is 112 cm³/mol. The number of piperidine rings is 1. The van der Waals surface area contributed by atoms with Crippen molar-refractivity contribution >= 4 is 24.0 Å². The molecule has 2 aromatic carbocycles. The number of nitrogens with zero attached hydrogens (tertiary/aromatic N) is 1. The number of benzene rings is 2. The quantitative estimate of drug-likeness (QED) is 0.800. The van der Waals surface area contributed by atoms with Crippen LogP contribution in [0.25, 0.3) is 0 Å². The average Bonchev–Trinajstić information content (AvgIpc) is 2.70. The number of nitrogen functional groups attached to an aromatic ring is 1. The van der Waals surface area contributed by atoms with Gasteiger partial charge in [0.25, 0.3) is 0 Å². The zero-order valence-corrected chi connectivity index (χ0v) is 17.0. The van der Waals surface area contributed by atoms with Crippen molar-refractivity contribution in [3.8, 4) is 5.75 Å². The van der Waals surface area contributed by atoms with Crippen LogP contribution >= 0.6 is 12.4 Å². The second-order valence-corrected chi connectivity index (χ2v) is 7.41. The summed E-state index contributed by atoms with van der Waals surface area (Å²) < 4.78 is 11.6. The van der Waals surface area contributed by atoms with Crippen LogP contribution in [0.1, 0.15) is 29.5 Å². The summed E-state index contributed by atoms with van der Waals surface area (Å²) in [7, 11) is 1.70. The van der Waals surface area contributed by atoms with Gasteiger partial charge in [-0.2, -0.15) is 0 Å². The van der Waals surface area contributed by atoms with Crippen molar-refractivity contribution in [1.82, 2.24) is 4.90 Å². The Morgan fingerprint density at radius 3 is 2.57 bits per heavy atom. The molecule has 0 unspecified atom stereocenters. The molecule has 1 spiro atoms. The number of fused-ring (bicyclic) bond motifs is 2. The Morgan fingerprint density at radius 2 is 1.89 bits per heavy atom. The Morgan fingerprint density at radius 1 is 1.18 bits per heavy atom. The third kappa shape index (κ3) is 3.96.